The van der Waals surface area contributed by atoms with Gasteiger partial charge in [0.25, 0.3) is 5.56 Å². The molecule has 0 aliphatic heterocycles. The highest BCUT2D eigenvalue weighted by molar-refractivity contribution is 6.43. The van der Waals surface area contributed by atoms with Gasteiger partial charge in [-0.25, -0.2) is 4.98 Å². The Kier molecular flexibility index (Phi) is 2.99. The van der Waals surface area contributed by atoms with E-state index in [-0.39, 0.29) is 5.56 Å². The Morgan fingerprint density at radius 2 is 2.06 bits per heavy atom. The quantitative estimate of drug-likeness (QED) is 0.851. The van der Waals surface area contributed by atoms with Gasteiger partial charge in [-0.1, -0.05) is 35.3 Å². The van der Waals surface area contributed by atoms with Crippen LogP contribution in [0.5, 0.6) is 0 Å². The Hall–Kier alpha value is -1.32. The van der Waals surface area contributed by atoms with E-state index in [0.717, 1.165) is 0 Å². The lowest BCUT2D eigenvalue weighted by molar-refractivity contribution is 1.08. The van der Waals surface area contributed by atoms with E-state index >= 15 is 0 Å². The fraction of sp³-hybridized carbons (Fsp3) is 0.0909. The summed E-state index contributed by atoms with van der Waals surface area (Å²) in [6.45, 7) is 1.69. The van der Waals surface area contributed by atoms with Crippen LogP contribution in [0.3, 0.4) is 0 Å². The zero-order valence-electron chi connectivity index (χ0n) is 8.42. The summed E-state index contributed by atoms with van der Waals surface area (Å²) in [6, 6.07) is 5.24. The number of aromatic nitrogens is 2. The maximum Gasteiger partial charge on any atom is 0.254 e. The van der Waals surface area contributed by atoms with Crippen LogP contribution in [0.25, 0.3) is 11.3 Å². The molecule has 2 rings (SSSR count). The van der Waals surface area contributed by atoms with Crippen molar-refractivity contribution in [2.45, 2.75) is 6.92 Å². The topological polar surface area (TPSA) is 45.8 Å². The van der Waals surface area contributed by atoms with Gasteiger partial charge in [-0.3, -0.25) is 4.79 Å². The maximum absolute atomic E-state index is 11.4. The standard InChI is InChI=1S/C11H8Cl2N2O/c1-6-10(14-5-15-11(6)16)7-3-2-4-8(12)9(7)13/h2-5H,1H3,(H,14,15,16). The molecule has 82 valence electrons. The Morgan fingerprint density at radius 1 is 1.31 bits per heavy atom. The van der Waals surface area contributed by atoms with Crippen molar-refractivity contribution in [3.63, 3.8) is 0 Å². The Bertz CT molecular complexity index is 593. The van der Waals surface area contributed by atoms with Crippen LogP contribution in [-0.4, -0.2) is 9.97 Å². The van der Waals surface area contributed by atoms with Gasteiger partial charge in [0.2, 0.25) is 0 Å². The number of benzene rings is 1. The number of aromatic amines is 1. The van der Waals surface area contributed by atoms with Crippen LogP contribution < -0.4 is 5.56 Å². The van der Waals surface area contributed by atoms with E-state index in [1.165, 1.54) is 6.33 Å². The van der Waals surface area contributed by atoms with E-state index in [1.807, 2.05) is 0 Å². The van der Waals surface area contributed by atoms with Gasteiger partial charge in [0.1, 0.15) is 0 Å². The van der Waals surface area contributed by atoms with Crippen LogP contribution in [0, 0.1) is 6.92 Å². The van der Waals surface area contributed by atoms with Crippen LogP contribution in [-0.2, 0) is 0 Å². The number of halogens is 2. The SMILES string of the molecule is Cc1c(-c2cccc(Cl)c2Cl)nc[nH]c1=O. The lowest BCUT2D eigenvalue weighted by Crippen LogP contribution is -2.11. The molecule has 0 saturated heterocycles. The molecule has 16 heavy (non-hydrogen) atoms. The minimum atomic E-state index is -0.180. The fourth-order valence-corrected chi connectivity index (χ4v) is 1.82. The third-order valence-corrected chi connectivity index (χ3v) is 3.11. The lowest BCUT2D eigenvalue weighted by atomic mass is 10.1. The highest BCUT2D eigenvalue weighted by Gasteiger charge is 2.11. The maximum atomic E-state index is 11.4. The summed E-state index contributed by atoms with van der Waals surface area (Å²) in [5.41, 5.74) is 1.56. The number of nitrogens with zero attached hydrogens (tertiary/aromatic N) is 1. The van der Waals surface area contributed by atoms with Crippen molar-refractivity contribution in [2.75, 3.05) is 0 Å². The fourth-order valence-electron chi connectivity index (χ4n) is 1.43. The second-order valence-corrected chi connectivity index (χ2v) is 4.09. The zero-order valence-corrected chi connectivity index (χ0v) is 9.93. The molecule has 0 bridgehead atoms. The normalized spacial score (nSPS) is 10.4. The minimum absolute atomic E-state index is 0.180. The smallest absolute Gasteiger partial charge is 0.254 e. The van der Waals surface area contributed by atoms with Crippen molar-refractivity contribution in [1.29, 1.82) is 0 Å². The van der Waals surface area contributed by atoms with Crippen molar-refractivity contribution >= 4 is 23.2 Å². The van der Waals surface area contributed by atoms with Gasteiger partial charge in [0.15, 0.2) is 0 Å². The van der Waals surface area contributed by atoms with Crippen molar-refractivity contribution in [3.8, 4) is 11.3 Å². The minimum Gasteiger partial charge on any atom is -0.313 e. The first-order valence-electron chi connectivity index (χ1n) is 4.60. The molecule has 0 fully saturated rings. The number of hydrogen-bond acceptors (Lipinski definition) is 2. The summed E-state index contributed by atoms with van der Waals surface area (Å²) in [7, 11) is 0. The molecule has 1 aromatic heterocycles. The van der Waals surface area contributed by atoms with Gasteiger partial charge in [-0.2, -0.15) is 0 Å². The summed E-state index contributed by atoms with van der Waals surface area (Å²) in [6.07, 6.45) is 1.35. The van der Waals surface area contributed by atoms with Crippen LogP contribution in [0.2, 0.25) is 10.0 Å². The first-order valence-corrected chi connectivity index (χ1v) is 5.35. The molecule has 0 aliphatic carbocycles. The molecule has 2 aromatic rings. The van der Waals surface area contributed by atoms with E-state index in [9.17, 15) is 4.79 Å². The van der Waals surface area contributed by atoms with E-state index in [1.54, 1.807) is 25.1 Å². The molecule has 0 atom stereocenters. The Morgan fingerprint density at radius 3 is 2.81 bits per heavy atom. The highest BCUT2D eigenvalue weighted by atomic mass is 35.5. The third-order valence-electron chi connectivity index (χ3n) is 2.29. The summed E-state index contributed by atoms with van der Waals surface area (Å²) in [5, 5.41) is 0.853. The highest BCUT2D eigenvalue weighted by Crippen LogP contribution is 2.32. The summed E-state index contributed by atoms with van der Waals surface area (Å²) in [5.74, 6) is 0. The molecule has 1 aromatic carbocycles. The van der Waals surface area contributed by atoms with Crippen molar-refractivity contribution in [2.24, 2.45) is 0 Å². The summed E-state index contributed by atoms with van der Waals surface area (Å²) < 4.78 is 0. The van der Waals surface area contributed by atoms with E-state index in [2.05, 4.69) is 9.97 Å². The van der Waals surface area contributed by atoms with Crippen molar-refractivity contribution < 1.29 is 0 Å². The predicted octanol–water partition coefficient (Wildman–Crippen LogP) is 3.05. The molecule has 3 nitrogen and oxygen atoms in total. The molecular formula is C11H8Cl2N2O. The Labute approximate surface area is 102 Å². The molecule has 0 saturated carbocycles. The second-order valence-electron chi connectivity index (χ2n) is 3.31. The summed E-state index contributed by atoms with van der Waals surface area (Å²) in [4.78, 5) is 18.1. The zero-order chi connectivity index (χ0) is 11.7. The molecule has 5 heteroatoms. The molecule has 1 N–H and O–H groups in total. The molecule has 0 spiro atoms. The molecule has 0 amide bonds. The van der Waals surface area contributed by atoms with Crippen LogP contribution in [0.15, 0.2) is 29.3 Å². The van der Waals surface area contributed by atoms with E-state index in [4.69, 9.17) is 23.2 Å². The molecule has 1 heterocycles. The van der Waals surface area contributed by atoms with Crippen LogP contribution in [0.1, 0.15) is 5.56 Å². The van der Waals surface area contributed by atoms with E-state index in [0.29, 0.717) is 26.9 Å². The second kappa shape index (κ2) is 4.28. The largest absolute Gasteiger partial charge is 0.313 e. The van der Waals surface area contributed by atoms with Gasteiger partial charge in [0, 0.05) is 11.1 Å². The number of hydrogen-bond donors (Lipinski definition) is 1. The number of rotatable bonds is 1. The third kappa shape index (κ3) is 1.84. The van der Waals surface area contributed by atoms with Gasteiger partial charge < -0.3 is 4.98 Å². The monoisotopic (exact) mass is 254 g/mol. The van der Waals surface area contributed by atoms with Crippen molar-refractivity contribution in [3.05, 3.63) is 50.5 Å². The molecule has 0 aliphatic rings. The first kappa shape index (κ1) is 11.2. The van der Waals surface area contributed by atoms with Gasteiger partial charge >= 0.3 is 0 Å². The number of nitrogens with one attached hydrogen (secondary N) is 1. The van der Waals surface area contributed by atoms with Crippen LogP contribution in [0.4, 0.5) is 0 Å². The Balaban J connectivity index is 2.73. The molecule has 0 unspecified atom stereocenters. The molecular weight excluding hydrogens is 247 g/mol. The average Bonchev–Trinajstić information content (AvgIpc) is 2.27. The van der Waals surface area contributed by atoms with Crippen molar-refractivity contribution in [1.82, 2.24) is 9.97 Å². The van der Waals surface area contributed by atoms with Gasteiger partial charge in [-0.05, 0) is 13.0 Å². The van der Waals surface area contributed by atoms with Gasteiger partial charge in [0.05, 0.1) is 22.1 Å². The van der Waals surface area contributed by atoms with Gasteiger partial charge in [-0.15, -0.1) is 0 Å². The lowest BCUT2D eigenvalue weighted by Gasteiger charge is -2.06. The number of H-pyrrole nitrogens is 1. The molecule has 0 radical (unpaired) electrons. The first-order chi connectivity index (χ1) is 7.61. The average molecular weight is 255 g/mol. The van der Waals surface area contributed by atoms with E-state index < -0.39 is 0 Å². The predicted molar refractivity (Wildman–Crippen MR) is 65.1 cm³/mol. The van der Waals surface area contributed by atoms with Crippen LogP contribution >= 0.6 is 23.2 Å². The summed E-state index contributed by atoms with van der Waals surface area (Å²) >= 11 is 12.0.